The molecule has 0 radical (unpaired) electrons. The molecule has 2 amide bonds. The van der Waals surface area contributed by atoms with E-state index in [0.29, 0.717) is 0 Å². The average molecular weight is 347 g/mol. The molecule has 0 aliphatic heterocycles. The molecule has 1 atom stereocenters. The largest absolute Gasteiger partial charge is 0.595 e. The first-order valence-corrected chi connectivity index (χ1v) is 5.84. The second-order valence-electron chi connectivity index (χ2n) is 4.59. The van der Waals surface area contributed by atoms with Crippen molar-refractivity contribution in [3.63, 3.8) is 0 Å². The van der Waals surface area contributed by atoms with Crippen LogP contribution >= 0.6 is 0 Å². The van der Waals surface area contributed by atoms with Gasteiger partial charge in [0.25, 0.3) is 0 Å². The summed E-state index contributed by atoms with van der Waals surface area (Å²) < 4.78 is 75.8. The number of nitrogens with one attached hydrogen (secondary N) is 3. The van der Waals surface area contributed by atoms with E-state index in [4.69, 9.17) is 5.21 Å². The molecule has 130 valence electrons. The van der Waals surface area contributed by atoms with Gasteiger partial charge in [-0.15, -0.1) is 0 Å². The number of anilines is 1. The highest BCUT2D eigenvalue weighted by molar-refractivity contribution is 5.90. The summed E-state index contributed by atoms with van der Waals surface area (Å²) in [6.45, 7) is -0.222. The van der Waals surface area contributed by atoms with Crippen LogP contribution in [-0.4, -0.2) is 29.1 Å². The van der Waals surface area contributed by atoms with Crippen LogP contribution in [0, 0.1) is 5.21 Å². The minimum atomic E-state index is -5.79. The van der Waals surface area contributed by atoms with Gasteiger partial charge < -0.3 is 15.8 Å². The van der Waals surface area contributed by atoms with Crippen LogP contribution in [0.2, 0.25) is 0 Å². The van der Waals surface area contributed by atoms with Gasteiger partial charge in [0.2, 0.25) is 5.54 Å². The van der Waals surface area contributed by atoms with Crippen LogP contribution < -0.4 is 15.9 Å². The smallest absolute Gasteiger partial charge is 0.420 e. The predicted molar refractivity (Wildman–Crippen MR) is 64.9 cm³/mol. The van der Waals surface area contributed by atoms with Gasteiger partial charge in [-0.25, -0.2) is 10.0 Å². The Labute approximate surface area is 125 Å². The molecule has 0 saturated carbocycles. The first kappa shape index (κ1) is 19.0. The van der Waals surface area contributed by atoms with Crippen molar-refractivity contribution in [2.45, 2.75) is 24.8 Å². The van der Waals surface area contributed by atoms with Gasteiger partial charge in [-0.2, -0.15) is 31.6 Å². The monoisotopic (exact) mass is 347 g/mol. The van der Waals surface area contributed by atoms with Gasteiger partial charge in [0.05, 0.1) is 0 Å². The lowest BCUT2D eigenvalue weighted by Crippen LogP contribution is -2.99. The highest BCUT2D eigenvalue weighted by Crippen LogP contribution is 2.42. The fourth-order valence-corrected chi connectivity index (χ4v) is 1.42. The first-order chi connectivity index (χ1) is 10.3. The highest BCUT2D eigenvalue weighted by atomic mass is 19.4. The second kappa shape index (κ2) is 6.22. The molecule has 1 aromatic rings. The molecule has 12 heteroatoms. The van der Waals surface area contributed by atoms with Gasteiger partial charge in [0.15, 0.2) is 5.69 Å². The van der Waals surface area contributed by atoms with E-state index in [-0.39, 0.29) is 18.3 Å². The summed E-state index contributed by atoms with van der Waals surface area (Å²) in [6.07, 6.45) is -11.6. The third kappa shape index (κ3) is 4.24. The first-order valence-electron chi connectivity index (χ1n) is 5.84. The van der Waals surface area contributed by atoms with Crippen molar-refractivity contribution >= 4 is 17.4 Å². The molecule has 0 bridgehead atoms. The number of quaternary nitrogens is 1. The Bertz CT molecular complexity index is 559. The number of alkyl halides is 6. The average Bonchev–Trinajstić information content (AvgIpc) is 2.35. The van der Waals surface area contributed by atoms with Crippen LogP contribution in [0.4, 0.5) is 42.5 Å². The SMILES string of the molecule is CC(NC(=O)Nc1cccc([NH+]([O-])O)c1)(C(F)(F)F)C(F)(F)F. The molecule has 4 N–H and O–H groups in total. The molecule has 0 spiro atoms. The number of benzene rings is 1. The summed E-state index contributed by atoms with van der Waals surface area (Å²) >= 11 is 0. The summed E-state index contributed by atoms with van der Waals surface area (Å²) in [7, 11) is 0. The normalized spacial score (nSPS) is 14.3. The number of hydrogen-bond donors (Lipinski definition) is 4. The third-order valence-corrected chi connectivity index (χ3v) is 2.86. The van der Waals surface area contributed by atoms with E-state index in [0.717, 1.165) is 29.6 Å². The van der Waals surface area contributed by atoms with Gasteiger partial charge in [-0.1, -0.05) is 6.07 Å². The zero-order valence-corrected chi connectivity index (χ0v) is 11.3. The minimum Gasteiger partial charge on any atom is -0.595 e. The summed E-state index contributed by atoms with van der Waals surface area (Å²) in [5, 5.41) is 20.6. The lowest BCUT2D eigenvalue weighted by molar-refractivity contribution is -0.991. The van der Waals surface area contributed by atoms with E-state index < -0.39 is 29.1 Å². The van der Waals surface area contributed by atoms with Gasteiger partial charge in [0.1, 0.15) is 0 Å². The van der Waals surface area contributed by atoms with Crippen molar-refractivity contribution in [1.29, 1.82) is 0 Å². The Morgan fingerprint density at radius 2 is 1.70 bits per heavy atom. The number of halogens is 6. The van der Waals surface area contributed by atoms with Gasteiger partial charge in [-0.3, -0.25) is 0 Å². The van der Waals surface area contributed by atoms with E-state index in [9.17, 15) is 36.3 Å². The van der Waals surface area contributed by atoms with Gasteiger partial charge in [0, 0.05) is 17.8 Å². The van der Waals surface area contributed by atoms with Crippen molar-refractivity contribution in [2.75, 3.05) is 5.32 Å². The lowest BCUT2D eigenvalue weighted by Gasteiger charge is -2.34. The predicted octanol–water partition coefficient (Wildman–Crippen LogP) is 2.09. The van der Waals surface area contributed by atoms with E-state index in [2.05, 4.69) is 0 Å². The summed E-state index contributed by atoms with van der Waals surface area (Å²) in [6, 6.07) is 2.47. The summed E-state index contributed by atoms with van der Waals surface area (Å²) in [4.78, 5) is 11.4. The summed E-state index contributed by atoms with van der Waals surface area (Å²) in [5.74, 6) is 0. The third-order valence-electron chi connectivity index (χ3n) is 2.86. The standard InChI is InChI=1S/C11H11F6N3O3/c1-9(10(12,13)14,11(15,16)17)19-8(21)18-6-3-2-4-7(5-6)20(22)23/h2-5,20,22H,1H3,(H2,18,19,21). The van der Waals surface area contributed by atoms with Crippen LogP contribution in [0.25, 0.3) is 0 Å². The molecule has 0 fully saturated rings. The molecule has 0 aliphatic carbocycles. The Morgan fingerprint density at radius 1 is 1.17 bits per heavy atom. The maximum atomic E-state index is 12.6. The fraction of sp³-hybridized carbons (Fsp3) is 0.364. The van der Waals surface area contributed by atoms with Crippen LogP contribution in [-0.2, 0) is 0 Å². The van der Waals surface area contributed by atoms with Crippen molar-refractivity contribution in [3.05, 3.63) is 29.5 Å². The molecule has 1 aromatic carbocycles. The Kier molecular flexibility index (Phi) is 5.13. The van der Waals surface area contributed by atoms with E-state index >= 15 is 0 Å². The van der Waals surface area contributed by atoms with E-state index in [1.807, 2.05) is 0 Å². The van der Waals surface area contributed by atoms with Crippen molar-refractivity contribution in [3.8, 4) is 0 Å². The van der Waals surface area contributed by atoms with Crippen LogP contribution in [0.1, 0.15) is 6.92 Å². The fourth-order valence-electron chi connectivity index (χ4n) is 1.42. The topological polar surface area (TPSA) is 88.9 Å². The number of carbonyl (C=O) groups is 1. The van der Waals surface area contributed by atoms with E-state index in [1.54, 1.807) is 5.32 Å². The number of amides is 2. The molecule has 0 saturated heterocycles. The van der Waals surface area contributed by atoms with Crippen molar-refractivity contribution < 1.29 is 41.6 Å². The number of hydrogen-bond acceptors (Lipinski definition) is 3. The van der Waals surface area contributed by atoms with Gasteiger partial charge in [-0.05, 0) is 13.0 Å². The molecule has 0 heterocycles. The Balaban J connectivity index is 2.96. The molecular weight excluding hydrogens is 336 g/mol. The Morgan fingerprint density at radius 3 is 2.13 bits per heavy atom. The van der Waals surface area contributed by atoms with Crippen molar-refractivity contribution in [2.24, 2.45) is 0 Å². The van der Waals surface area contributed by atoms with E-state index in [1.165, 1.54) is 0 Å². The van der Waals surface area contributed by atoms with Crippen LogP contribution in [0.3, 0.4) is 0 Å². The number of urea groups is 1. The Hall–Kier alpha value is -2.05. The molecule has 0 aliphatic rings. The lowest BCUT2D eigenvalue weighted by atomic mass is 10.0. The molecule has 0 aromatic heterocycles. The molecule has 1 unspecified atom stereocenters. The molecular formula is C11H11F6N3O3. The molecule has 1 rings (SSSR count). The number of carbonyl (C=O) groups excluding carboxylic acids is 1. The van der Waals surface area contributed by atoms with Crippen LogP contribution in [0.5, 0.6) is 0 Å². The quantitative estimate of drug-likeness (QED) is 0.499. The van der Waals surface area contributed by atoms with Crippen molar-refractivity contribution in [1.82, 2.24) is 5.32 Å². The zero-order valence-electron chi connectivity index (χ0n) is 11.3. The maximum absolute atomic E-state index is 12.6. The highest BCUT2D eigenvalue weighted by Gasteiger charge is 2.68. The van der Waals surface area contributed by atoms with Crippen LogP contribution in [0.15, 0.2) is 24.3 Å². The number of rotatable bonds is 3. The maximum Gasteiger partial charge on any atom is 0.420 e. The molecule has 6 nitrogen and oxygen atoms in total. The second-order valence-corrected chi connectivity index (χ2v) is 4.59. The summed E-state index contributed by atoms with van der Waals surface area (Å²) in [5.41, 5.74) is -5.06. The molecule has 23 heavy (non-hydrogen) atoms. The zero-order chi connectivity index (χ0) is 18.1. The minimum absolute atomic E-state index is 0.222. The van der Waals surface area contributed by atoms with Gasteiger partial charge >= 0.3 is 18.4 Å².